The number of carbonyl (C=O) groups is 4. The number of methoxy groups -OCH3 is 1. The van der Waals surface area contributed by atoms with Crippen LogP contribution in [0, 0.1) is 11.3 Å². The summed E-state index contributed by atoms with van der Waals surface area (Å²) in [5.41, 5.74) is 3.48. The molecule has 1 aliphatic rings. The van der Waals surface area contributed by atoms with Gasteiger partial charge in [0.25, 0.3) is 11.8 Å². The molecule has 1 atom stereocenters. The highest BCUT2D eigenvalue weighted by atomic mass is 32.2. The lowest BCUT2D eigenvalue weighted by atomic mass is 10.0. The van der Waals surface area contributed by atoms with Crippen LogP contribution >= 0.6 is 23.1 Å². The number of nitriles is 1. The van der Waals surface area contributed by atoms with Gasteiger partial charge in [0.15, 0.2) is 0 Å². The lowest BCUT2D eigenvalue weighted by Crippen LogP contribution is -2.33. The standard InChI is InChI=1S/C41H35N5O5S2/c1-26(47)46-21-20-32-33(24-42)41(53-36(32)25-46)45-40(50)37(27-12-5-3-6-13-27)52-31-18-11-17-30(23-31)43-39(49)34(22-29-16-9-10-19-35(29)51-2)44-38(48)28-14-7-4-8-15-28/h3-19,22-23,37H,20-21,25H2,1-2H3,(H,43,49)(H,44,48)(H,45,50)/b34-22+. The summed E-state index contributed by atoms with van der Waals surface area (Å²) in [5, 5.41) is 18.5. The van der Waals surface area contributed by atoms with Crippen LogP contribution in [0.15, 0.2) is 120 Å². The van der Waals surface area contributed by atoms with Crippen molar-refractivity contribution >= 4 is 63.5 Å². The van der Waals surface area contributed by atoms with Crippen molar-refractivity contribution in [2.75, 3.05) is 24.3 Å². The highest BCUT2D eigenvalue weighted by Crippen LogP contribution is 2.40. The first-order valence-corrected chi connectivity index (χ1v) is 18.4. The van der Waals surface area contributed by atoms with Gasteiger partial charge in [-0.15, -0.1) is 23.1 Å². The summed E-state index contributed by atoms with van der Waals surface area (Å²) in [5.74, 6) is -0.843. The van der Waals surface area contributed by atoms with Crippen LogP contribution in [0.25, 0.3) is 6.08 Å². The van der Waals surface area contributed by atoms with Gasteiger partial charge in [-0.1, -0.05) is 72.8 Å². The Balaban J connectivity index is 1.24. The monoisotopic (exact) mass is 741 g/mol. The number of thioether (sulfide) groups is 1. The summed E-state index contributed by atoms with van der Waals surface area (Å²) in [6.07, 6.45) is 2.10. The second-order valence-corrected chi connectivity index (χ2v) is 14.3. The second kappa shape index (κ2) is 16.9. The van der Waals surface area contributed by atoms with Crippen LogP contribution in [-0.2, 0) is 27.3 Å². The zero-order valence-corrected chi connectivity index (χ0v) is 30.6. The average Bonchev–Trinajstić information content (AvgIpc) is 3.53. The van der Waals surface area contributed by atoms with Crippen molar-refractivity contribution in [1.82, 2.24) is 10.2 Å². The fourth-order valence-corrected chi connectivity index (χ4v) is 8.12. The molecule has 4 amide bonds. The molecule has 12 heteroatoms. The SMILES string of the molecule is COc1ccccc1/C=C(/NC(=O)c1ccccc1)C(=O)Nc1cccc(SC(C(=O)Nc2sc3c(c2C#N)CCN(C(C)=O)C3)c2ccccc2)c1. The van der Waals surface area contributed by atoms with Gasteiger partial charge in [0.2, 0.25) is 11.8 Å². The lowest BCUT2D eigenvalue weighted by Gasteiger charge is -2.25. The maximum Gasteiger partial charge on any atom is 0.272 e. The molecule has 53 heavy (non-hydrogen) atoms. The highest BCUT2D eigenvalue weighted by Gasteiger charge is 2.29. The molecular formula is C41H35N5O5S2. The number of hydrogen-bond acceptors (Lipinski definition) is 8. The highest BCUT2D eigenvalue weighted by molar-refractivity contribution is 8.00. The Labute approximate surface area is 315 Å². The van der Waals surface area contributed by atoms with Crippen LogP contribution in [0.2, 0.25) is 0 Å². The molecule has 4 aromatic carbocycles. The molecule has 2 heterocycles. The van der Waals surface area contributed by atoms with E-state index in [4.69, 9.17) is 4.74 Å². The molecule has 1 aromatic heterocycles. The number of ether oxygens (including phenoxy) is 1. The maximum absolute atomic E-state index is 14.0. The van der Waals surface area contributed by atoms with E-state index in [1.165, 1.54) is 37.1 Å². The van der Waals surface area contributed by atoms with E-state index in [0.29, 0.717) is 57.5 Å². The van der Waals surface area contributed by atoms with Gasteiger partial charge < -0.3 is 25.6 Å². The summed E-state index contributed by atoms with van der Waals surface area (Å²) >= 11 is 2.62. The van der Waals surface area contributed by atoms with Crippen LogP contribution < -0.4 is 20.7 Å². The Kier molecular flexibility index (Phi) is 11.7. The van der Waals surface area contributed by atoms with Crippen LogP contribution in [0.1, 0.15) is 49.7 Å². The van der Waals surface area contributed by atoms with E-state index in [1.807, 2.05) is 42.5 Å². The molecule has 10 nitrogen and oxygen atoms in total. The van der Waals surface area contributed by atoms with Crippen LogP contribution in [-0.4, -0.2) is 42.2 Å². The van der Waals surface area contributed by atoms with Crippen LogP contribution in [0.5, 0.6) is 5.75 Å². The summed E-state index contributed by atoms with van der Waals surface area (Å²) < 4.78 is 5.47. The fourth-order valence-electron chi connectivity index (χ4n) is 5.82. The Bertz CT molecular complexity index is 2230. The molecule has 1 aliphatic heterocycles. The topological polar surface area (TPSA) is 141 Å². The van der Waals surface area contributed by atoms with Gasteiger partial charge in [0.1, 0.15) is 27.8 Å². The van der Waals surface area contributed by atoms with Gasteiger partial charge in [0, 0.05) is 40.1 Å². The number of thiophene rings is 1. The van der Waals surface area contributed by atoms with E-state index in [9.17, 15) is 24.4 Å². The predicted molar refractivity (Wildman–Crippen MR) is 207 cm³/mol. The van der Waals surface area contributed by atoms with Crippen molar-refractivity contribution in [3.05, 3.63) is 148 Å². The van der Waals surface area contributed by atoms with Gasteiger partial charge in [-0.25, -0.2) is 0 Å². The molecule has 0 saturated carbocycles. The molecule has 0 bridgehead atoms. The van der Waals surface area contributed by atoms with Gasteiger partial charge in [0.05, 0.1) is 19.2 Å². The molecule has 0 fully saturated rings. The largest absolute Gasteiger partial charge is 0.496 e. The molecule has 266 valence electrons. The first-order valence-electron chi connectivity index (χ1n) is 16.7. The molecule has 0 aliphatic carbocycles. The van der Waals surface area contributed by atoms with E-state index >= 15 is 0 Å². The van der Waals surface area contributed by atoms with Crippen molar-refractivity contribution in [2.24, 2.45) is 0 Å². The Morgan fingerprint density at radius 3 is 2.36 bits per heavy atom. The summed E-state index contributed by atoms with van der Waals surface area (Å²) in [4.78, 5) is 56.3. The summed E-state index contributed by atoms with van der Waals surface area (Å²) in [7, 11) is 1.53. The van der Waals surface area contributed by atoms with Gasteiger partial charge >= 0.3 is 0 Å². The fraction of sp³-hybridized carbons (Fsp3) is 0.146. The number of hydrogen-bond donors (Lipinski definition) is 3. The van der Waals surface area contributed by atoms with Crippen LogP contribution in [0.3, 0.4) is 0 Å². The number of nitrogens with one attached hydrogen (secondary N) is 3. The minimum Gasteiger partial charge on any atom is -0.496 e. The molecule has 0 radical (unpaired) electrons. The Hall–Kier alpha value is -6.16. The molecule has 3 N–H and O–H groups in total. The van der Waals surface area contributed by atoms with E-state index in [1.54, 1.807) is 77.7 Å². The second-order valence-electron chi connectivity index (χ2n) is 12.0. The number of fused-ring (bicyclic) bond motifs is 1. The summed E-state index contributed by atoms with van der Waals surface area (Å²) in [6.45, 7) is 2.45. The van der Waals surface area contributed by atoms with Crippen molar-refractivity contribution < 1.29 is 23.9 Å². The van der Waals surface area contributed by atoms with E-state index in [0.717, 1.165) is 16.0 Å². The number of carbonyl (C=O) groups excluding carboxylic acids is 4. The third kappa shape index (κ3) is 8.84. The zero-order chi connectivity index (χ0) is 37.3. The number of para-hydroxylation sites is 1. The van der Waals surface area contributed by atoms with E-state index in [-0.39, 0.29) is 17.5 Å². The van der Waals surface area contributed by atoms with E-state index < -0.39 is 17.1 Å². The average molecular weight is 742 g/mol. The third-order valence-electron chi connectivity index (χ3n) is 8.50. The van der Waals surface area contributed by atoms with Crippen molar-refractivity contribution in [2.45, 2.75) is 30.0 Å². The minimum absolute atomic E-state index is 0.00122. The lowest BCUT2D eigenvalue weighted by molar-refractivity contribution is -0.129. The number of anilines is 2. The first kappa shape index (κ1) is 36.6. The zero-order valence-electron chi connectivity index (χ0n) is 28.9. The normalized spacial score (nSPS) is 12.8. The minimum atomic E-state index is -0.715. The quantitative estimate of drug-likeness (QED) is 0.0946. The smallest absolute Gasteiger partial charge is 0.272 e. The Morgan fingerprint density at radius 2 is 1.64 bits per heavy atom. The van der Waals surface area contributed by atoms with Gasteiger partial charge in [-0.3, -0.25) is 19.2 Å². The Morgan fingerprint density at radius 1 is 0.925 bits per heavy atom. The molecule has 0 spiro atoms. The molecule has 1 unspecified atom stereocenters. The summed E-state index contributed by atoms with van der Waals surface area (Å²) in [6, 6.07) is 34.4. The molecule has 5 aromatic rings. The predicted octanol–water partition coefficient (Wildman–Crippen LogP) is 7.41. The van der Waals surface area contributed by atoms with Gasteiger partial charge in [-0.05, 0) is 60.0 Å². The molecular weight excluding hydrogens is 707 g/mol. The van der Waals surface area contributed by atoms with Gasteiger partial charge in [-0.2, -0.15) is 5.26 Å². The maximum atomic E-state index is 14.0. The van der Waals surface area contributed by atoms with E-state index in [2.05, 4.69) is 22.0 Å². The molecule has 6 rings (SSSR count). The van der Waals surface area contributed by atoms with Crippen LogP contribution in [0.4, 0.5) is 10.7 Å². The number of benzene rings is 4. The number of nitrogens with zero attached hydrogens (tertiary/aromatic N) is 2. The molecule has 0 saturated heterocycles. The van der Waals surface area contributed by atoms with Crippen molar-refractivity contribution in [3.8, 4) is 11.8 Å². The first-order chi connectivity index (χ1) is 25.7. The third-order valence-corrected chi connectivity index (χ3v) is 10.9. The number of rotatable bonds is 11. The van der Waals surface area contributed by atoms with Crippen molar-refractivity contribution in [1.29, 1.82) is 5.26 Å². The number of amides is 4. The van der Waals surface area contributed by atoms with Crippen molar-refractivity contribution in [3.63, 3.8) is 0 Å².